The second-order valence-corrected chi connectivity index (χ2v) is 10.2. The average Bonchev–Trinajstić information content (AvgIpc) is 3.35. The van der Waals surface area contributed by atoms with Crippen molar-refractivity contribution in [2.75, 3.05) is 5.32 Å². The Labute approximate surface area is 213 Å². The molecule has 2 N–H and O–H groups in total. The van der Waals surface area contributed by atoms with Gasteiger partial charge in [0.1, 0.15) is 11.2 Å². The Hall–Kier alpha value is -4.23. The molecule has 2 aromatic heterocycles. The van der Waals surface area contributed by atoms with E-state index in [-0.39, 0.29) is 12.8 Å². The SMILES string of the molecule is Cc1noc(=O)c2ccc(NC(=O)C(O)(Cc3ccccc3)CC(C)(C)c3cccc4ccoc34)cc12. The van der Waals surface area contributed by atoms with Crippen molar-refractivity contribution >= 4 is 33.3 Å². The Bertz CT molecular complexity index is 1650. The highest BCUT2D eigenvalue weighted by molar-refractivity contribution is 5.99. The minimum Gasteiger partial charge on any atom is -0.464 e. The number of fused-ring (bicyclic) bond motifs is 2. The Balaban J connectivity index is 1.51. The predicted octanol–water partition coefficient (Wildman–Crippen LogP) is 5.52. The molecule has 0 fully saturated rings. The molecule has 1 atom stereocenters. The number of aryl methyl sites for hydroxylation is 1. The van der Waals surface area contributed by atoms with Crippen LogP contribution in [0.2, 0.25) is 0 Å². The molecule has 37 heavy (non-hydrogen) atoms. The van der Waals surface area contributed by atoms with Gasteiger partial charge >= 0.3 is 5.63 Å². The van der Waals surface area contributed by atoms with Crippen LogP contribution in [0, 0.1) is 6.92 Å². The third kappa shape index (κ3) is 4.78. The van der Waals surface area contributed by atoms with Crippen LogP contribution < -0.4 is 10.9 Å². The van der Waals surface area contributed by atoms with Crippen LogP contribution >= 0.6 is 0 Å². The van der Waals surface area contributed by atoms with E-state index < -0.39 is 22.5 Å². The zero-order chi connectivity index (χ0) is 26.2. The van der Waals surface area contributed by atoms with E-state index in [2.05, 4.69) is 10.5 Å². The second-order valence-electron chi connectivity index (χ2n) is 10.2. The molecule has 1 unspecified atom stereocenters. The molecule has 188 valence electrons. The third-order valence-corrected chi connectivity index (χ3v) is 6.86. The van der Waals surface area contributed by atoms with Crippen LogP contribution in [-0.4, -0.2) is 21.8 Å². The number of anilines is 1. The summed E-state index contributed by atoms with van der Waals surface area (Å²) >= 11 is 0. The van der Waals surface area contributed by atoms with Gasteiger partial charge in [-0.25, -0.2) is 4.79 Å². The molecular weight excluding hydrogens is 468 g/mol. The van der Waals surface area contributed by atoms with E-state index in [4.69, 9.17) is 8.94 Å². The van der Waals surface area contributed by atoms with Crippen molar-refractivity contribution in [3.63, 3.8) is 0 Å². The van der Waals surface area contributed by atoms with Crippen LogP contribution in [0.25, 0.3) is 21.7 Å². The maximum absolute atomic E-state index is 13.8. The number of nitrogens with zero attached hydrogens (tertiary/aromatic N) is 1. The van der Waals surface area contributed by atoms with Crippen molar-refractivity contribution in [3.8, 4) is 0 Å². The number of hydrogen-bond donors (Lipinski definition) is 2. The molecule has 0 aliphatic rings. The highest BCUT2D eigenvalue weighted by atomic mass is 16.5. The van der Waals surface area contributed by atoms with Gasteiger partial charge < -0.3 is 19.4 Å². The summed E-state index contributed by atoms with van der Waals surface area (Å²) in [5.74, 6) is -0.538. The molecule has 1 amide bonds. The van der Waals surface area contributed by atoms with E-state index in [9.17, 15) is 14.7 Å². The number of carbonyl (C=O) groups is 1. The van der Waals surface area contributed by atoms with E-state index in [0.717, 1.165) is 22.1 Å². The highest BCUT2D eigenvalue weighted by Crippen LogP contribution is 2.38. The highest BCUT2D eigenvalue weighted by Gasteiger charge is 2.42. The van der Waals surface area contributed by atoms with Gasteiger partial charge in [-0.1, -0.05) is 67.5 Å². The number of aromatic nitrogens is 1. The number of aliphatic hydroxyl groups is 1. The van der Waals surface area contributed by atoms with Gasteiger partial charge in [0.2, 0.25) is 0 Å². The van der Waals surface area contributed by atoms with Gasteiger partial charge in [0.05, 0.1) is 17.3 Å². The Kier molecular flexibility index (Phi) is 6.17. The molecule has 5 rings (SSSR count). The van der Waals surface area contributed by atoms with E-state index in [0.29, 0.717) is 22.2 Å². The number of para-hydroxylation sites is 1. The van der Waals surface area contributed by atoms with Crippen LogP contribution in [0.15, 0.2) is 92.8 Å². The zero-order valence-corrected chi connectivity index (χ0v) is 20.9. The molecule has 7 heteroatoms. The van der Waals surface area contributed by atoms with E-state index in [1.807, 2.05) is 68.4 Å². The lowest BCUT2D eigenvalue weighted by Gasteiger charge is -2.36. The normalized spacial score (nSPS) is 13.5. The van der Waals surface area contributed by atoms with Gasteiger partial charge in [0.15, 0.2) is 0 Å². The monoisotopic (exact) mass is 496 g/mol. The fraction of sp³-hybridized carbons (Fsp3) is 0.233. The summed E-state index contributed by atoms with van der Waals surface area (Å²) in [4.78, 5) is 25.8. The number of nitrogens with one attached hydrogen (secondary N) is 1. The molecule has 0 radical (unpaired) electrons. The summed E-state index contributed by atoms with van der Waals surface area (Å²) in [5.41, 5.74) is 0.554. The Morgan fingerprint density at radius 2 is 1.78 bits per heavy atom. The van der Waals surface area contributed by atoms with Gasteiger partial charge in [0.25, 0.3) is 5.91 Å². The quantitative estimate of drug-likeness (QED) is 0.307. The first-order valence-corrected chi connectivity index (χ1v) is 12.1. The van der Waals surface area contributed by atoms with Crippen LogP contribution in [0.4, 0.5) is 5.69 Å². The van der Waals surface area contributed by atoms with E-state index in [1.165, 1.54) is 0 Å². The summed E-state index contributed by atoms with van der Waals surface area (Å²) in [6.07, 6.45) is 1.90. The van der Waals surface area contributed by atoms with Gasteiger partial charge in [-0.15, -0.1) is 0 Å². The van der Waals surface area contributed by atoms with Gasteiger partial charge in [0, 0.05) is 28.4 Å². The maximum atomic E-state index is 13.8. The largest absolute Gasteiger partial charge is 0.464 e. The van der Waals surface area contributed by atoms with Crippen molar-refractivity contribution in [2.24, 2.45) is 0 Å². The average molecular weight is 497 g/mol. The maximum Gasteiger partial charge on any atom is 0.366 e. The fourth-order valence-corrected chi connectivity index (χ4v) is 5.06. The fourth-order valence-electron chi connectivity index (χ4n) is 5.06. The van der Waals surface area contributed by atoms with Crippen molar-refractivity contribution < 1.29 is 18.8 Å². The zero-order valence-electron chi connectivity index (χ0n) is 20.9. The predicted molar refractivity (Wildman–Crippen MR) is 143 cm³/mol. The number of rotatable bonds is 7. The molecule has 0 saturated carbocycles. The first-order chi connectivity index (χ1) is 17.7. The molecule has 7 nitrogen and oxygen atoms in total. The standard InChI is InChI=1S/C30H28N2O5/c1-19-24-16-22(12-13-23(24)27(33)37-32-19)31-28(34)30(35,17-20-8-5-4-6-9-20)18-29(2,3)25-11-7-10-21-14-15-36-26(21)25/h4-16,35H,17-18H2,1-3H3,(H,31,34). The number of benzene rings is 3. The number of furan rings is 1. The minimum atomic E-state index is -1.75. The van der Waals surface area contributed by atoms with E-state index >= 15 is 0 Å². The third-order valence-electron chi connectivity index (χ3n) is 6.86. The summed E-state index contributed by atoms with van der Waals surface area (Å²) < 4.78 is 10.6. The lowest BCUT2D eigenvalue weighted by atomic mass is 9.72. The summed E-state index contributed by atoms with van der Waals surface area (Å²) in [6.45, 7) is 5.72. The summed E-state index contributed by atoms with van der Waals surface area (Å²) in [6, 6.07) is 22.1. The van der Waals surface area contributed by atoms with Crippen LogP contribution in [0.3, 0.4) is 0 Å². The Morgan fingerprint density at radius 1 is 1.00 bits per heavy atom. The molecule has 2 heterocycles. The molecular formula is C30H28N2O5. The first-order valence-electron chi connectivity index (χ1n) is 12.1. The van der Waals surface area contributed by atoms with Crippen molar-refractivity contribution in [1.29, 1.82) is 0 Å². The van der Waals surface area contributed by atoms with Gasteiger partial charge in [-0.2, -0.15) is 0 Å². The second kappa shape index (κ2) is 9.33. The van der Waals surface area contributed by atoms with Gasteiger partial charge in [-0.3, -0.25) is 4.79 Å². The van der Waals surface area contributed by atoms with Crippen LogP contribution in [-0.2, 0) is 16.6 Å². The molecule has 0 aliphatic carbocycles. The molecule has 0 aliphatic heterocycles. The number of carbonyl (C=O) groups excluding carboxylic acids is 1. The van der Waals surface area contributed by atoms with Gasteiger partial charge in [-0.05, 0) is 48.6 Å². The van der Waals surface area contributed by atoms with E-state index in [1.54, 1.807) is 31.4 Å². The summed E-state index contributed by atoms with van der Waals surface area (Å²) in [5, 5.41) is 20.6. The minimum absolute atomic E-state index is 0.120. The molecule has 0 saturated heterocycles. The smallest absolute Gasteiger partial charge is 0.366 e. The molecule has 5 aromatic rings. The van der Waals surface area contributed by atoms with Crippen molar-refractivity contribution in [3.05, 3.63) is 106 Å². The Morgan fingerprint density at radius 3 is 2.57 bits per heavy atom. The van der Waals surface area contributed by atoms with Crippen molar-refractivity contribution in [2.45, 2.75) is 44.6 Å². The molecule has 0 spiro atoms. The first kappa shape index (κ1) is 24.5. The van der Waals surface area contributed by atoms with Crippen LogP contribution in [0.5, 0.6) is 0 Å². The molecule has 0 bridgehead atoms. The lowest BCUT2D eigenvalue weighted by molar-refractivity contribution is -0.136. The number of hydrogen-bond acceptors (Lipinski definition) is 6. The van der Waals surface area contributed by atoms with Crippen LogP contribution in [0.1, 0.15) is 37.1 Å². The molecule has 3 aromatic carbocycles. The lowest BCUT2D eigenvalue weighted by Crippen LogP contribution is -2.49. The van der Waals surface area contributed by atoms with Crippen molar-refractivity contribution in [1.82, 2.24) is 5.16 Å². The topological polar surface area (TPSA) is 106 Å². The number of amides is 1. The summed E-state index contributed by atoms with van der Waals surface area (Å²) in [7, 11) is 0.